The minimum absolute atomic E-state index is 0.262. The molecule has 5 heteroatoms. The number of piperidine rings is 1. The summed E-state index contributed by atoms with van der Waals surface area (Å²) in [6, 6.07) is 1.93. The third-order valence-electron chi connectivity index (χ3n) is 3.44. The molecule has 0 spiro atoms. The van der Waals surface area contributed by atoms with Gasteiger partial charge in [-0.05, 0) is 34.7 Å². The van der Waals surface area contributed by atoms with Crippen molar-refractivity contribution in [2.45, 2.75) is 39.2 Å². The molecule has 0 aromatic carbocycles. The van der Waals surface area contributed by atoms with Gasteiger partial charge in [-0.2, -0.15) is 0 Å². The Morgan fingerprint density at radius 1 is 1.50 bits per heavy atom. The van der Waals surface area contributed by atoms with E-state index in [0.29, 0.717) is 12.5 Å². The molecule has 1 N–H and O–H groups in total. The topological polar surface area (TPSA) is 49.2 Å². The Morgan fingerprint density at radius 2 is 2.28 bits per heavy atom. The number of β-amino-alcohol motifs (C(OH)–C–C–N with tert-alkyl or cyclic N) is 1. The largest absolute Gasteiger partial charge is 0.391 e. The predicted octanol–water partition coefficient (Wildman–Crippen LogP) is 2.40. The second-order valence-electron chi connectivity index (χ2n) is 4.99. The highest BCUT2D eigenvalue weighted by Gasteiger charge is 2.25. The summed E-state index contributed by atoms with van der Waals surface area (Å²) in [7, 11) is 0. The van der Waals surface area contributed by atoms with Crippen LogP contribution in [0.25, 0.3) is 0 Å². The zero-order valence-corrected chi connectivity index (χ0v) is 12.5. The van der Waals surface area contributed by atoms with Gasteiger partial charge in [0.2, 0.25) is 0 Å². The Kier molecular flexibility index (Phi) is 4.56. The van der Waals surface area contributed by atoms with E-state index in [4.69, 9.17) is 0 Å². The van der Waals surface area contributed by atoms with Crippen LogP contribution in [0.1, 0.15) is 32.5 Å². The van der Waals surface area contributed by atoms with E-state index in [1.54, 1.807) is 0 Å². The van der Waals surface area contributed by atoms with Gasteiger partial charge in [-0.15, -0.1) is 0 Å². The zero-order chi connectivity index (χ0) is 13.1. The first-order valence-corrected chi connectivity index (χ1v) is 7.36. The van der Waals surface area contributed by atoms with Crippen LogP contribution in [0.2, 0.25) is 0 Å². The molecular formula is C13H20BrN3O. The molecule has 0 amide bonds. The van der Waals surface area contributed by atoms with Gasteiger partial charge >= 0.3 is 0 Å². The standard InChI is InChI=1S/C13H20BrN3O/c1-3-4-12-15-11(14)7-13(16-12)17-6-5-9(2)10(18)8-17/h7,9-10,18H,3-6,8H2,1-2H3. The smallest absolute Gasteiger partial charge is 0.133 e. The summed E-state index contributed by atoms with van der Waals surface area (Å²) in [6.07, 6.45) is 2.67. The third kappa shape index (κ3) is 3.20. The van der Waals surface area contributed by atoms with Crippen LogP contribution in [0.4, 0.5) is 5.82 Å². The SMILES string of the molecule is CCCc1nc(Br)cc(N2CCC(C)C(O)C2)n1. The van der Waals surface area contributed by atoms with E-state index in [0.717, 1.165) is 42.1 Å². The quantitative estimate of drug-likeness (QED) is 0.871. The Morgan fingerprint density at radius 3 is 2.94 bits per heavy atom. The van der Waals surface area contributed by atoms with Gasteiger partial charge in [-0.1, -0.05) is 13.8 Å². The van der Waals surface area contributed by atoms with Crippen LogP contribution in [0, 0.1) is 5.92 Å². The Balaban J connectivity index is 2.17. The molecule has 2 atom stereocenters. The van der Waals surface area contributed by atoms with E-state index < -0.39 is 0 Å². The van der Waals surface area contributed by atoms with Gasteiger partial charge in [0, 0.05) is 25.6 Å². The molecule has 2 heterocycles. The fourth-order valence-corrected chi connectivity index (χ4v) is 2.62. The zero-order valence-electron chi connectivity index (χ0n) is 10.9. The van der Waals surface area contributed by atoms with Gasteiger partial charge in [0.1, 0.15) is 16.2 Å². The molecule has 1 aromatic heterocycles. The molecule has 0 saturated carbocycles. The molecule has 2 unspecified atom stereocenters. The monoisotopic (exact) mass is 313 g/mol. The Labute approximate surface area is 117 Å². The summed E-state index contributed by atoms with van der Waals surface area (Å²) >= 11 is 3.44. The maximum absolute atomic E-state index is 9.95. The van der Waals surface area contributed by atoms with Crippen molar-refractivity contribution in [3.63, 3.8) is 0 Å². The summed E-state index contributed by atoms with van der Waals surface area (Å²) in [4.78, 5) is 11.1. The van der Waals surface area contributed by atoms with Crippen molar-refractivity contribution in [2.75, 3.05) is 18.0 Å². The molecule has 0 radical (unpaired) electrons. The van der Waals surface area contributed by atoms with E-state index in [-0.39, 0.29) is 6.10 Å². The molecule has 2 rings (SSSR count). The lowest BCUT2D eigenvalue weighted by Gasteiger charge is -2.35. The number of hydrogen-bond acceptors (Lipinski definition) is 4. The highest BCUT2D eigenvalue weighted by atomic mass is 79.9. The van der Waals surface area contributed by atoms with Gasteiger partial charge in [0.05, 0.1) is 6.10 Å². The van der Waals surface area contributed by atoms with Crippen LogP contribution in [-0.4, -0.2) is 34.3 Å². The van der Waals surface area contributed by atoms with Crippen molar-refractivity contribution in [1.82, 2.24) is 9.97 Å². The van der Waals surface area contributed by atoms with Crippen molar-refractivity contribution in [3.8, 4) is 0 Å². The molecule has 1 aliphatic rings. The first-order valence-electron chi connectivity index (χ1n) is 6.56. The predicted molar refractivity (Wildman–Crippen MR) is 75.7 cm³/mol. The summed E-state index contributed by atoms with van der Waals surface area (Å²) in [6.45, 7) is 5.83. The van der Waals surface area contributed by atoms with Crippen LogP contribution in [0.5, 0.6) is 0 Å². The molecule has 1 saturated heterocycles. The number of rotatable bonds is 3. The number of nitrogens with zero attached hydrogens (tertiary/aromatic N) is 3. The lowest BCUT2D eigenvalue weighted by molar-refractivity contribution is 0.102. The first-order chi connectivity index (χ1) is 8.60. The number of anilines is 1. The maximum atomic E-state index is 9.95. The number of aryl methyl sites for hydroxylation is 1. The van der Waals surface area contributed by atoms with E-state index in [9.17, 15) is 5.11 Å². The summed E-state index contributed by atoms with van der Waals surface area (Å²) in [5.74, 6) is 2.17. The average Bonchev–Trinajstić information content (AvgIpc) is 2.32. The maximum Gasteiger partial charge on any atom is 0.133 e. The van der Waals surface area contributed by atoms with Gasteiger partial charge in [-0.25, -0.2) is 9.97 Å². The molecule has 4 nitrogen and oxygen atoms in total. The van der Waals surface area contributed by atoms with Gasteiger partial charge in [0.15, 0.2) is 0 Å². The van der Waals surface area contributed by atoms with Crippen molar-refractivity contribution in [2.24, 2.45) is 5.92 Å². The Bertz CT molecular complexity index is 413. The van der Waals surface area contributed by atoms with E-state index in [1.807, 2.05) is 6.07 Å². The number of aliphatic hydroxyl groups is 1. The molecule has 1 fully saturated rings. The molecule has 0 aliphatic carbocycles. The second kappa shape index (κ2) is 5.97. The Hall–Kier alpha value is -0.680. The van der Waals surface area contributed by atoms with Gasteiger partial charge in [-0.3, -0.25) is 0 Å². The van der Waals surface area contributed by atoms with Gasteiger partial charge in [0.25, 0.3) is 0 Å². The normalized spacial score (nSPS) is 24.3. The van der Waals surface area contributed by atoms with E-state index in [2.05, 4.69) is 44.6 Å². The fraction of sp³-hybridized carbons (Fsp3) is 0.692. The van der Waals surface area contributed by atoms with Crippen LogP contribution >= 0.6 is 15.9 Å². The molecule has 18 heavy (non-hydrogen) atoms. The lowest BCUT2D eigenvalue weighted by Crippen LogP contribution is -2.43. The van der Waals surface area contributed by atoms with Crippen LogP contribution in [-0.2, 0) is 6.42 Å². The molecular weight excluding hydrogens is 294 g/mol. The van der Waals surface area contributed by atoms with Crippen molar-refractivity contribution >= 4 is 21.7 Å². The molecule has 1 aliphatic heterocycles. The highest BCUT2D eigenvalue weighted by Crippen LogP contribution is 2.23. The lowest BCUT2D eigenvalue weighted by atomic mass is 9.96. The fourth-order valence-electron chi connectivity index (χ4n) is 2.21. The van der Waals surface area contributed by atoms with Crippen LogP contribution in [0.15, 0.2) is 10.7 Å². The number of aromatic nitrogens is 2. The number of aliphatic hydroxyl groups excluding tert-OH is 1. The van der Waals surface area contributed by atoms with Crippen molar-refractivity contribution < 1.29 is 5.11 Å². The first kappa shape index (κ1) is 13.7. The van der Waals surface area contributed by atoms with Crippen LogP contribution < -0.4 is 4.90 Å². The van der Waals surface area contributed by atoms with Crippen molar-refractivity contribution in [3.05, 3.63) is 16.5 Å². The summed E-state index contributed by atoms with van der Waals surface area (Å²) < 4.78 is 0.823. The van der Waals surface area contributed by atoms with Crippen molar-refractivity contribution in [1.29, 1.82) is 0 Å². The molecule has 0 bridgehead atoms. The minimum Gasteiger partial charge on any atom is -0.391 e. The average molecular weight is 314 g/mol. The number of halogens is 1. The summed E-state index contributed by atoms with van der Waals surface area (Å²) in [5, 5.41) is 9.95. The molecule has 100 valence electrons. The highest BCUT2D eigenvalue weighted by molar-refractivity contribution is 9.10. The molecule has 1 aromatic rings. The third-order valence-corrected chi connectivity index (χ3v) is 3.85. The van der Waals surface area contributed by atoms with E-state index in [1.165, 1.54) is 0 Å². The number of hydrogen-bond donors (Lipinski definition) is 1. The van der Waals surface area contributed by atoms with E-state index >= 15 is 0 Å². The minimum atomic E-state index is -0.262. The van der Waals surface area contributed by atoms with Gasteiger partial charge < -0.3 is 10.0 Å². The summed E-state index contributed by atoms with van der Waals surface area (Å²) in [5.41, 5.74) is 0. The van der Waals surface area contributed by atoms with Crippen LogP contribution in [0.3, 0.4) is 0 Å². The second-order valence-corrected chi connectivity index (χ2v) is 5.81.